The number of hydrogen-bond donors (Lipinski definition) is 1. The van der Waals surface area contributed by atoms with Crippen LogP contribution in [0, 0.1) is 0 Å². The maximum atomic E-state index is 13.2. The molecule has 0 aliphatic carbocycles. The van der Waals surface area contributed by atoms with Crippen LogP contribution in [-0.4, -0.2) is 22.6 Å². The summed E-state index contributed by atoms with van der Waals surface area (Å²) in [5, 5.41) is -0.0913. The number of rotatable bonds is 4. The predicted octanol–water partition coefficient (Wildman–Crippen LogP) is 3.43. The number of methoxy groups -OCH3 is 1. The van der Waals surface area contributed by atoms with Crippen molar-refractivity contribution >= 4 is 28.8 Å². The molecule has 146 valence electrons. The second-order valence-corrected chi connectivity index (χ2v) is 5.96. The lowest BCUT2D eigenvalue weighted by Gasteiger charge is -2.19. The van der Waals surface area contributed by atoms with Gasteiger partial charge in [-0.3, -0.25) is 9.36 Å². The monoisotopic (exact) mass is 411 g/mol. The predicted molar refractivity (Wildman–Crippen MR) is 96.4 cm³/mol. The van der Waals surface area contributed by atoms with Crippen LogP contribution in [0.2, 0.25) is 0 Å². The standard InChI is InChI=1S/C18H13ClF3N3O3/c1-28-17(27)14-12(9-23-19)15(26)11-7-8-13(18(20,21)22)24-16(11)25(14)10-5-3-2-4-6-10/h2-8,23H,9H2,1H3. The van der Waals surface area contributed by atoms with Gasteiger partial charge < -0.3 is 4.74 Å². The quantitative estimate of drug-likeness (QED) is 0.526. The van der Waals surface area contributed by atoms with Crippen molar-refractivity contribution in [2.45, 2.75) is 12.7 Å². The summed E-state index contributed by atoms with van der Waals surface area (Å²) in [4.78, 5) is 31.3. The van der Waals surface area contributed by atoms with Gasteiger partial charge in [0.05, 0.1) is 12.5 Å². The minimum Gasteiger partial charge on any atom is -0.464 e. The molecule has 0 unspecified atom stereocenters. The van der Waals surface area contributed by atoms with E-state index in [4.69, 9.17) is 16.5 Å². The number of carbonyl (C=O) groups excluding carboxylic acids is 1. The highest BCUT2D eigenvalue weighted by molar-refractivity contribution is 6.13. The van der Waals surface area contributed by atoms with Gasteiger partial charge in [0.1, 0.15) is 17.0 Å². The maximum absolute atomic E-state index is 13.2. The third-order valence-electron chi connectivity index (χ3n) is 4.04. The number of nitrogens with zero attached hydrogens (tertiary/aromatic N) is 2. The summed E-state index contributed by atoms with van der Waals surface area (Å²) >= 11 is 5.55. The fourth-order valence-electron chi connectivity index (χ4n) is 2.84. The largest absolute Gasteiger partial charge is 0.464 e. The van der Waals surface area contributed by atoms with E-state index in [1.54, 1.807) is 30.3 Å². The van der Waals surface area contributed by atoms with Crippen LogP contribution in [0.5, 0.6) is 0 Å². The average molecular weight is 412 g/mol. The molecular weight excluding hydrogens is 399 g/mol. The first-order valence-corrected chi connectivity index (χ1v) is 8.30. The summed E-state index contributed by atoms with van der Waals surface area (Å²) < 4.78 is 45.6. The maximum Gasteiger partial charge on any atom is 0.433 e. The van der Waals surface area contributed by atoms with E-state index >= 15 is 0 Å². The molecule has 0 spiro atoms. The molecule has 10 heteroatoms. The van der Waals surface area contributed by atoms with Gasteiger partial charge >= 0.3 is 12.1 Å². The number of ether oxygens (including phenoxy) is 1. The summed E-state index contributed by atoms with van der Waals surface area (Å²) in [6.07, 6.45) is -4.73. The third kappa shape index (κ3) is 3.46. The molecule has 0 atom stereocenters. The highest BCUT2D eigenvalue weighted by atomic mass is 35.5. The summed E-state index contributed by atoms with van der Waals surface area (Å²) in [6.45, 7) is -0.214. The van der Waals surface area contributed by atoms with Crippen molar-refractivity contribution in [2.24, 2.45) is 0 Å². The molecule has 3 rings (SSSR count). The number of alkyl halides is 3. The summed E-state index contributed by atoms with van der Waals surface area (Å²) in [7, 11) is 1.10. The second-order valence-electron chi connectivity index (χ2n) is 5.69. The minimum absolute atomic E-state index is 0.0558. The van der Waals surface area contributed by atoms with Crippen molar-refractivity contribution in [3.63, 3.8) is 0 Å². The Kier molecular flexibility index (Phi) is 5.39. The highest BCUT2D eigenvalue weighted by Gasteiger charge is 2.34. The van der Waals surface area contributed by atoms with Crippen molar-refractivity contribution in [3.05, 3.63) is 69.6 Å². The molecule has 1 aromatic carbocycles. The van der Waals surface area contributed by atoms with Crippen molar-refractivity contribution in [3.8, 4) is 5.69 Å². The molecule has 2 heterocycles. The van der Waals surface area contributed by atoms with E-state index in [1.807, 2.05) is 0 Å². The van der Waals surface area contributed by atoms with Crippen LogP contribution in [-0.2, 0) is 17.5 Å². The second kappa shape index (κ2) is 7.61. The Morgan fingerprint density at radius 1 is 1.21 bits per heavy atom. The number of esters is 1. The lowest BCUT2D eigenvalue weighted by atomic mass is 10.1. The fourth-order valence-corrected chi connectivity index (χ4v) is 2.97. The van der Waals surface area contributed by atoms with Gasteiger partial charge in [0.25, 0.3) is 0 Å². The third-order valence-corrected chi connectivity index (χ3v) is 4.18. The van der Waals surface area contributed by atoms with Gasteiger partial charge in [-0.1, -0.05) is 18.2 Å². The van der Waals surface area contributed by atoms with Gasteiger partial charge in [-0.15, -0.1) is 0 Å². The van der Waals surface area contributed by atoms with E-state index in [0.717, 1.165) is 19.2 Å². The van der Waals surface area contributed by atoms with Gasteiger partial charge in [0.15, 0.2) is 5.43 Å². The number of halogens is 4. The molecule has 0 saturated carbocycles. The Hall–Kier alpha value is -2.91. The van der Waals surface area contributed by atoms with Crippen LogP contribution in [0.25, 0.3) is 16.7 Å². The lowest BCUT2D eigenvalue weighted by molar-refractivity contribution is -0.141. The van der Waals surface area contributed by atoms with E-state index in [-0.39, 0.29) is 28.8 Å². The number of fused-ring (bicyclic) bond motifs is 1. The number of nitrogens with one attached hydrogen (secondary N) is 1. The molecule has 0 aliphatic rings. The SMILES string of the molecule is COC(=O)c1c(CNCl)c(=O)c2ccc(C(F)(F)F)nc2n1-c1ccccc1. The topological polar surface area (TPSA) is 73.2 Å². The molecule has 0 saturated heterocycles. The molecule has 0 bridgehead atoms. The van der Waals surface area contributed by atoms with Crippen LogP contribution < -0.4 is 10.3 Å². The first kappa shape index (κ1) is 19.8. The Labute approximate surface area is 161 Å². The molecule has 0 radical (unpaired) electrons. The highest BCUT2D eigenvalue weighted by Crippen LogP contribution is 2.30. The molecule has 28 heavy (non-hydrogen) atoms. The zero-order chi connectivity index (χ0) is 20.5. The first-order valence-electron chi connectivity index (χ1n) is 7.92. The van der Waals surface area contributed by atoms with E-state index in [9.17, 15) is 22.8 Å². The molecule has 6 nitrogen and oxygen atoms in total. The first-order chi connectivity index (χ1) is 13.3. The molecule has 1 N–H and O–H groups in total. The van der Waals surface area contributed by atoms with E-state index < -0.39 is 23.3 Å². The van der Waals surface area contributed by atoms with Gasteiger partial charge in [-0.2, -0.15) is 13.2 Å². The number of pyridine rings is 2. The zero-order valence-electron chi connectivity index (χ0n) is 14.4. The summed E-state index contributed by atoms with van der Waals surface area (Å²) in [6, 6.07) is 9.84. The van der Waals surface area contributed by atoms with Crippen molar-refractivity contribution in [2.75, 3.05) is 7.11 Å². The molecular formula is C18H13ClF3N3O3. The Bertz CT molecular complexity index is 1100. The summed E-state index contributed by atoms with van der Waals surface area (Å²) in [5.74, 6) is -0.913. The Morgan fingerprint density at radius 2 is 1.89 bits per heavy atom. The lowest BCUT2D eigenvalue weighted by Crippen LogP contribution is -2.27. The number of benzene rings is 1. The normalized spacial score (nSPS) is 11.6. The van der Waals surface area contributed by atoms with Crippen molar-refractivity contribution in [1.29, 1.82) is 0 Å². The van der Waals surface area contributed by atoms with E-state index in [0.29, 0.717) is 5.69 Å². The molecule has 0 fully saturated rings. The van der Waals surface area contributed by atoms with E-state index in [1.165, 1.54) is 4.57 Å². The molecule has 0 amide bonds. The van der Waals surface area contributed by atoms with Crippen LogP contribution in [0.1, 0.15) is 21.7 Å². The van der Waals surface area contributed by atoms with Crippen LogP contribution in [0.3, 0.4) is 0 Å². The van der Waals surface area contributed by atoms with Gasteiger partial charge in [-0.05, 0) is 36.0 Å². The number of hydrogen-bond acceptors (Lipinski definition) is 5. The zero-order valence-corrected chi connectivity index (χ0v) is 15.1. The van der Waals surface area contributed by atoms with Crippen LogP contribution in [0.4, 0.5) is 13.2 Å². The molecule has 2 aromatic heterocycles. The van der Waals surface area contributed by atoms with Crippen molar-refractivity contribution in [1.82, 2.24) is 14.4 Å². The van der Waals surface area contributed by atoms with Gasteiger partial charge in [-0.25, -0.2) is 14.6 Å². The minimum atomic E-state index is -4.73. The molecule has 0 aliphatic heterocycles. The van der Waals surface area contributed by atoms with Crippen LogP contribution in [0.15, 0.2) is 47.3 Å². The van der Waals surface area contributed by atoms with Gasteiger partial charge in [0.2, 0.25) is 0 Å². The number of carbonyl (C=O) groups is 1. The summed E-state index contributed by atoms with van der Waals surface area (Å²) in [5.41, 5.74) is -2.16. The molecule has 3 aromatic rings. The number of para-hydroxylation sites is 1. The number of aromatic nitrogens is 2. The average Bonchev–Trinajstić information content (AvgIpc) is 2.68. The Morgan fingerprint density at radius 3 is 2.46 bits per heavy atom. The van der Waals surface area contributed by atoms with Crippen LogP contribution >= 0.6 is 11.8 Å². The van der Waals surface area contributed by atoms with E-state index in [2.05, 4.69) is 9.82 Å². The fraction of sp³-hybridized carbons (Fsp3) is 0.167. The Balaban J connectivity index is 2.55. The van der Waals surface area contributed by atoms with Crippen molar-refractivity contribution < 1.29 is 22.7 Å². The smallest absolute Gasteiger partial charge is 0.433 e. The van der Waals surface area contributed by atoms with Gasteiger partial charge in [0, 0.05) is 17.8 Å².